The molecule has 0 bridgehead atoms. The molecular weight excluding hydrogens is 406 g/mol. The van der Waals surface area contributed by atoms with E-state index < -0.39 is 0 Å². The molecular formula is C26H19NO3S. The molecule has 2 aromatic carbocycles. The molecule has 0 aliphatic heterocycles. The van der Waals surface area contributed by atoms with Crippen LogP contribution in [0.1, 0.15) is 37.2 Å². The van der Waals surface area contributed by atoms with Gasteiger partial charge in [-0.3, -0.25) is 4.79 Å². The fraction of sp³-hybridized carbons (Fsp3) is 0.0769. The maximum atomic E-state index is 12.5. The van der Waals surface area contributed by atoms with Gasteiger partial charge in [0.25, 0.3) is 0 Å². The fourth-order valence-corrected chi connectivity index (χ4v) is 3.95. The monoisotopic (exact) mass is 425 g/mol. The predicted molar refractivity (Wildman–Crippen MR) is 121 cm³/mol. The van der Waals surface area contributed by atoms with Crippen LogP contribution in [0.5, 0.6) is 5.75 Å². The van der Waals surface area contributed by atoms with E-state index in [1.807, 2.05) is 36.4 Å². The number of ether oxygens (including phenoxy) is 1. The molecule has 0 spiro atoms. The Morgan fingerprint density at radius 2 is 1.81 bits per heavy atom. The van der Waals surface area contributed by atoms with Crippen molar-refractivity contribution in [2.75, 3.05) is 0 Å². The molecule has 0 saturated carbocycles. The standard InChI is InChI=1S/C26H19NO3S/c27-17-20-6-8-21(9-7-20)29-18-23-11-10-22(30-23)12-14-25(28)26-15-13-24(31-26)16-19-4-2-1-3-5-19/h1-15H,16,18H2/b14-12+. The molecule has 4 aromatic rings. The van der Waals surface area contributed by atoms with Crippen LogP contribution in [-0.2, 0) is 13.0 Å². The van der Waals surface area contributed by atoms with Crippen LogP contribution in [-0.4, -0.2) is 5.78 Å². The summed E-state index contributed by atoms with van der Waals surface area (Å²) in [7, 11) is 0. The number of carbonyl (C=O) groups excluding carboxylic acids is 1. The van der Waals surface area contributed by atoms with Gasteiger partial charge in [0.2, 0.25) is 0 Å². The van der Waals surface area contributed by atoms with Gasteiger partial charge in [0.1, 0.15) is 23.9 Å². The zero-order chi connectivity index (χ0) is 21.5. The van der Waals surface area contributed by atoms with Crippen molar-refractivity contribution in [3.63, 3.8) is 0 Å². The number of thiophene rings is 1. The lowest BCUT2D eigenvalue weighted by Gasteiger charge is -2.03. The van der Waals surface area contributed by atoms with Crippen molar-refractivity contribution in [3.8, 4) is 11.8 Å². The number of hydrogen-bond donors (Lipinski definition) is 0. The minimum Gasteiger partial charge on any atom is -0.486 e. The normalized spacial score (nSPS) is 10.8. The number of ketones is 1. The lowest BCUT2D eigenvalue weighted by molar-refractivity contribution is 0.105. The SMILES string of the molecule is N#Cc1ccc(OCc2ccc(/C=C/C(=O)c3ccc(Cc4ccccc4)s3)o2)cc1. The van der Waals surface area contributed by atoms with E-state index in [-0.39, 0.29) is 12.4 Å². The molecule has 152 valence electrons. The molecule has 0 aliphatic rings. The molecule has 31 heavy (non-hydrogen) atoms. The second-order valence-corrected chi connectivity index (χ2v) is 8.02. The number of hydrogen-bond acceptors (Lipinski definition) is 5. The molecule has 0 saturated heterocycles. The van der Waals surface area contributed by atoms with Crippen LogP contribution in [0.4, 0.5) is 0 Å². The van der Waals surface area contributed by atoms with Crippen molar-refractivity contribution in [2.45, 2.75) is 13.0 Å². The second kappa shape index (κ2) is 9.75. The topological polar surface area (TPSA) is 63.2 Å². The summed E-state index contributed by atoms with van der Waals surface area (Å²) in [5.41, 5.74) is 1.81. The highest BCUT2D eigenvalue weighted by Gasteiger charge is 2.08. The average molecular weight is 426 g/mol. The Morgan fingerprint density at radius 3 is 2.58 bits per heavy atom. The molecule has 2 heterocycles. The first-order valence-corrected chi connectivity index (χ1v) is 10.6. The molecule has 0 N–H and O–H groups in total. The molecule has 0 radical (unpaired) electrons. The van der Waals surface area contributed by atoms with Crippen molar-refractivity contribution >= 4 is 23.2 Å². The van der Waals surface area contributed by atoms with Crippen LogP contribution in [0, 0.1) is 11.3 Å². The minimum absolute atomic E-state index is 0.0453. The van der Waals surface area contributed by atoms with Gasteiger partial charge in [-0.2, -0.15) is 5.26 Å². The smallest absolute Gasteiger partial charge is 0.195 e. The second-order valence-electron chi connectivity index (χ2n) is 6.85. The molecule has 0 amide bonds. The van der Waals surface area contributed by atoms with Gasteiger partial charge in [-0.25, -0.2) is 0 Å². The maximum absolute atomic E-state index is 12.5. The van der Waals surface area contributed by atoms with Crippen molar-refractivity contribution in [1.29, 1.82) is 5.26 Å². The summed E-state index contributed by atoms with van der Waals surface area (Å²) in [5.74, 6) is 1.85. The molecule has 4 rings (SSSR count). The van der Waals surface area contributed by atoms with Gasteiger partial charge in [-0.1, -0.05) is 30.3 Å². The zero-order valence-corrected chi connectivity index (χ0v) is 17.5. The van der Waals surface area contributed by atoms with Crippen LogP contribution >= 0.6 is 11.3 Å². The minimum atomic E-state index is -0.0453. The predicted octanol–water partition coefficient (Wildman–Crippen LogP) is 6.28. The Bertz CT molecular complexity index is 1230. The third-order valence-corrected chi connectivity index (χ3v) is 5.67. The molecule has 0 unspecified atom stereocenters. The summed E-state index contributed by atoms with van der Waals surface area (Å²) in [6.45, 7) is 0.265. The van der Waals surface area contributed by atoms with E-state index >= 15 is 0 Å². The summed E-state index contributed by atoms with van der Waals surface area (Å²) in [5, 5.41) is 8.83. The fourth-order valence-electron chi connectivity index (χ4n) is 2.98. The average Bonchev–Trinajstić information content (AvgIpc) is 3.47. The van der Waals surface area contributed by atoms with Crippen LogP contribution < -0.4 is 4.74 Å². The van der Waals surface area contributed by atoms with E-state index in [1.165, 1.54) is 23.0 Å². The van der Waals surface area contributed by atoms with Gasteiger partial charge in [0, 0.05) is 11.3 Å². The van der Waals surface area contributed by atoms with Crippen molar-refractivity contribution in [2.24, 2.45) is 0 Å². The van der Waals surface area contributed by atoms with E-state index in [0.29, 0.717) is 27.7 Å². The summed E-state index contributed by atoms with van der Waals surface area (Å²) in [6.07, 6.45) is 4.02. The first-order chi connectivity index (χ1) is 15.2. The van der Waals surface area contributed by atoms with Crippen molar-refractivity contribution < 1.29 is 13.9 Å². The molecule has 5 heteroatoms. The Kier molecular flexibility index (Phi) is 6.41. The zero-order valence-electron chi connectivity index (χ0n) is 16.7. The van der Waals surface area contributed by atoms with Crippen LogP contribution in [0.15, 0.2) is 89.4 Å². The van der Waals surface area contributed by atoms with Gasteiger partial charge < -0.3 is 9.15 Å². The number of rotatable bonds is 8. The highest BCUT2D eigenvalue weighted by molar-refractivity contribution is 7.14. The van der Waals surface area contributed by atoms with Gasteiger partial charge >= 0.3 is 0 Å². The first-order valence-electron chi connectivity index (χ1n) is 9.76. The Labute approximate surface area is 184 Å². The lowest BCUT2D eigenvalue weighted by atomic mass is 10.1. The quantitative estimate of drug-likeness (QED) is 0.246. The summed E-state index contributed by atoms with van der Waals surface area (Å²) in [6, 6.07) is 26.7. The highest BCUT2D eigenvalue weighted by Crippen LogP contribution is 2.21. The van der Waals surface area contributed by atoms with Gasteiger partial charge in [-0.15, -0.1) is 11.3 Å². The lowest BCUT2D eigenvalue weighted by Crippen LogP contribution is -1.93. The molecule has 0 aliphatic carbocycles. The summed E-state index contributed by atoms with van der Waals surface area (Å²) < 4.78 is 11.4. The van der Waals surface area contributed by atoms with Gasteiger partial charge in [0.05, 0.1) is 16.5 Å². The van der Waals surface area contributed by atoms with Crippen molar-refractivity contribution in [3.05, 3.63) is 117 Å². The van der Waals surface area contributed by atoms with Crippen LogP contribution in [0.3, 0.4) is 0 Å². The summed E-state index contributed by atoms with van der Waals surface area (Å²) in [4.78, 5) is 14.4. The molecule has 4 nitrogen and oxygen atoms in total. The Morgan fingerprint density at radius 1 is 1.00 bits per heavy atom. The van der Waals surface area contributed by atoms with E-state index in [0.717, 1.165) is 11.3 Å². The number of furan rings is 1. The molecule has 0 atom stereocenters. The van der Waals surface area contributed by atoms with E-state index in [2.05, 4.69) is 18.2 Å². The molecule has 0 fully saturated rings. The first kappa shape index (κ1) is 20.4. The van der Waals surface area contributed by atoms with E-state index in [1.54, 1.807) is 36.4 Å². The number of carbonyl (C=O) groups is 1. The number of nitriles is 1. The maximum Gasteiger partial charge on any atom is 0.195 e. The summed E-state index contributed by atoms with van der Waals surface area (Å²) >= 11 is 1.51. The van der Waals surface area contributed by atoms with Crippen LogP contribution in [0.2, 0.25) is 0 Å². The third-order valence-electron chi connectivity index (χ3n) is 4.57. The van der Waals surface area contributed by atoms with Crippen molar-refractivity contribution in [1.82, 2.24) is 0 Å². The third kappa shape index (κ3) is 5.59. The number of allylic oxidation sites excluding steroid dienone is 1. The van der Waals surface area contributed by atoms with Gasteiger partial charge in [-0.05, 0) is 66.2 Å². The Hall–Kier alpha value is -3.88. The number of nitrogens with zero attached hydrogens (tertiary/aromatic N) is 1. The van der Waals surface area contributed by atoms with E-state index in [4.69, 9.17) is 14.4 Å². The van der Waals surface area contributed by atoms with Crippen LogP contribution in [0.25, 0.3) is 6.08 Å². The highest BCUT2D eigenvalue weighted by atomic mass is 32.1. The Balaban J connectivity index is 1.32. The molecule has 2 aromatic heterocycles. The van der Waals surface area contributed by atoms with E-state index in [9.17, 15) is 4.79 Å². The number of benzene rings is 2. The van der Waals surface area contributed by atoms with Gasteiger partial charge in [0.15, 0.2) is 5.78 Å². The largest absolute Gasteiger partial charge is 0.486 e.